The van der Waals surface area contributed by atoms with Crippen LogP contribution in [0.1, 0.15) is 39.7 Å². The van der Waals surface area contributed by atoms with Crippen LogP contribution in [-0.2, 0) is 12.8 Å². The molecule has 0 spiro atoms. The fraction of sp³-hybridized carbons (Fsp3) is 0.130. The van der Waals surface area contributed by atoms with Gasteiger partial charge in [-0.05, 0) is 48.2 Å². The molecular weight excluding hydrogens is 340 g/mol. The zero-order valence-electron chi connectivity index (χ0n) is 15.1. The maximum atomic E-state index is 12.9. The highest BCUT2D eigenvalue weighted by atomic mass is 16.4. The molecule has 0 bridgehead atoms. The molecule has 0 radical (unpaired) electrons. The number of allylic oxidation sites excluding steroid dienone is 1. The number of carbonyl (C=O) groups is 1. The van der Waals surface area contributed by atoms with Gasteiger partial charge < -0.3 is 9.52 Å². The van der Waals surface area contributed by atoms with Gasteiger partial charge in [-0.1, -0.05) is 43.3 Å². The Labute approximate surface area is 157 Å². The average molecular weight is 360 g/mol. The number of benzene rings is 2. The zero-order valence-corrected chi connectivity index (χ0v) is 15.1. The van der Waals surface area contributed by atoms with Gasteiger partial charge in [-0.2, -0.15) is 0 Å². The quantitative estimate of drug-likeness (QED) is 0.631. The summed E-state index contributed by atoms with van der Waals surface area (Å²) in [7, 11) is 0. The Hall–Kier alpha value is -3.40. The van der Waals surface area contributed by atoms with Crippen LogP contribution in [0.15, 0.2) is 64.3 Å². The molecule has 0 amide bonds. The summed E-state index contributed by atoms with van der Waals surface area (Å²) >= 11 is 0. The van der Waals surface area contributed by atoms with E-state index in [-0.39, 0.29) is 16.4 Å². The first-order valence-corrected chi connectivity index (χ1v) is 8.75. The molecular formula is C23H20O4. The van der Waals surface area contributed by atoms with E-state index in [1.54, 1.807) is 12.2 Å². The van der Waals surface area contributed by atoms with E-state index < -0.39 is 5.97 Å². The molecule has 27 heavy (non-hydrogen) atoms. The number of carboxylic acids is 1. The molecule has 0 aliphatic rings. The summed E-state index contributed by atoms with van der Waals surface area (Å²) in [5.41, 5.74) is 2.91. The van der Waals surface area contributed by atoms with Crippen molar-refractivity contribution in [3.63, 3.8) is 0 Å². The molecule has 0 aliphatic carbocycles. The van der Waals surface area contributed by atoms with Crippen molar-refractivity contribution in [3.8, 4) is 0 Å². The van der Waals surface area contributed by atoms with Gasteiger partial charge in [-0.15, -0.1) is 6.58 Å². The molecule has 1 N–H and O–H groups in total. The number of rotatable bonds is 6. The van der Waals surface area contributed by atoms with Crippen molar-refractivity contribution < 1.29 is 14.3 Å². The second-order valence-corrected chi connectivity index (χ2v) is 6.17. The Kier molecular flexibility index (Phi) is 5.36. The maximum absolute atomic E-state index is 12.9. The van der Waals surface area contributed by atoms with E-state index in [4.69, 9.17) is 9.52 Å². The van der Waals surface area contributed by atoms with Gasteiger partial charge in [0.2, 0.25) is 0 Å². The SMILES string of the molecule is C=CCc1c(C=Cc2ccccc2CC)oc2ccc(C(=O)O)cc2c1=O. The van der Waals surface area contributed by atoms with Crippen LogP contribution < -0.4 is 5.43 Å². The van der Waals surface area contributed by atoms with E-state index in [2.05, 4.69) is 19.6 Å². The third-order valence-corrected chi connectivity index (χ3v) is 4.46. The van der Waals surface area contributed by atoms with E-state index in [0.29, 0.717) is 23.3 Å². The molecule has 0 aliphatic heterocycles. The Morgan fingerprint density at radius 1 is 1.19 bits per heavy atom. The van der Waals surface area contributed by atoms with Crippen LogP contribution in [0.4, 0.5) is 0 Å². The van der Waals surface area contributed by atoms with Crippen LogP contribution in [0.3, 0.4) is 0 Å². The minimum atomic E-state index is -1.08. The molecule has 4 heteroatoms. The third-order valence-electron chi connectivity index (χ3n) is 4.46. The predicted octanol–water partition coefficient (Wildman–Crippen LogP) is 4.95. The van der Waals surface area contributed by atoms with Crippen molar-refractivity contribution in [1.29, 1.82) is 0 Å². The second kappa shape index (κ2) is 7.87. The van der Waals surface area contributed by atoms with Gasteiger partial charge in [-0.25, -0.2) is 4.79 Å². The Morgan fingerprint density at radius 2 is 1.96 bits per heavy atom. The molecule has 0 saturated heterocycles. The molecule has 0 fully saturated rings. The van der Waals surface area contributed by atoms with Crippen LogP contribution in [0.2, 0.25) is 0 Å². The number of fused-ring (bicyclic) bond motifs is 1. The highest BCUT2D eigenvalue weighted by molar-refractivity contribution is 5.93. The average Bonchev–Trinajstić information content (AvgIpc) is 2.68. The topological polar surface area (TPSA) is 67.5 Å². The lowest BCUT2D eigenvalue weighted by Gasteiger charge is -2.07. The zero-order chi connectivity index (χ0) is 19.4. The first kappa shape index (κ1) is 18.4. The largest absolute Gasteiger partial charge is 0.478 e. The fourth-order valence-corrected chi connectivity index (χ4v) is 3.04. The molecule has 1 aromatic heterocycles. The number of aromatic carboxylic acids is 1. The van der Waals surface area contributed by atoms with Gasteiger partial charge in [0.05, 0.1) is 10.9 Å². The molecule has 1 heterocycles. The minimum absolute atomic E-state index is 0.0551. The van der Waals surface area contributed by atoms with Crippen LogP contribution >= 0.6 is 0 Å². The summed E-state index contributed by atoms with van der Waals surface area (Å²) in [5.74, 6) is -0.622. The van der Waals surface area contributed by atoms with E-state index in [1.807, 2.05) is 24.3 Å². The van der Waals surface area contributed by atoms with Gasteiger partial charge in [0.25, 0.3) is 0 Å². The van der Waals surface area contributed by atoms with Crippen molar-refractivity contribution in [1.82, 2.24) is 0 Å². The van der Waals surface area contributed by atoms with Crippen LogP contribution in [0.5, 0.6) is 0 Å². The van der Waals surface area contributed by atoms with Gasteiger partial charge >= 0.3 is 5.97 Å². The molecule has 0 unspecified atom stereocenters. The van der Waals surface area contributed by atoms with Crippen molar-refractivity contribution in [2.75, 3.05) is 0 Å². The van der Waals surface area contributed by atoms with E-state index in [0.717, 1.165) is 12.0 Å². The number of aryl methyl sites for hydroxylation is 1. The minimum Gasteiger partial charge on any atom is -0.478 e. The van der Waals surface area contributed by atoms with Gasteiger partial charge in [0, 0.05) is 5.56 Å². The summed E-state index contributed by atoms with van der Waals surface area (Å²) in [6, 6.07) is 12.4. The summed E-state index contributed by atoms with van der Waals surface area (Å²) in [6.45, 7) is 5.80. The summed E-state index contributed by atoms with van der Waals surface area (Å²) in [5, 5.41) is 9.42. The highest BCUT2D eigenvalue weighted by Crippen LogP contribution is 2.21. The summed E-state index contributed by atoms with van der Waals surface area (Å²) in [6.07, 6.45) is 6.60. The van der Waals surface area contributed by atoms with Crippen molar-refractivity contribution in [2.24, 2.45) is 0 Å². The lowest BCUT2D eigenvalue weighted by Crippen LogP contribution is -2.11. The Morgan fingerprint density at radius 3 is 2.67 bits per heavy atom. The maximum Gasteiger partial charge on any atom is 0.335 e. The fourth-order valence-electron chi connectivity index (χ4n) is 3.04. The van der Waals surface area contributed by atoms with Crippen LogP contribution in [0, 0.1) is 0 Å². The molecule has 2 aromatic carbocycles. The second-order valence-electron chi connectivity index (χ2n) is 6.17. The standard InChI is InChI=1S/C23H20O4/c1-3-7-18-20(12-10-16-9-6-5-8-15(16)4-2)27-21-13-11-17(23(25)26)14-19(21)22(18)24/h3,5-6,8-14H,1,4,7H2,2H3,(H,25,26). The lowest BCUT2D eigenvalue weighted by molar-refractivity contribution is 0.0697. The van der Waals surface area contributed by atoms with Crippen LogP contribution in [-0.4, -0.2) is 11.1 Å². The number of carboxylic acid groups (broad SMARTS) is 1. The predicted molar refractivity (Wildman–Crippen MR) is 108 cm³/mol. The molecule has 136 valence electrons. The first-order valence-electron chi connectivity index (χ1n) is 8.75. The lowest BCUT2D eigenvalue weighted by atomic mass is 10.0. The molecule has 0 saturated carbocycles. The van der Waals surface area contributed by atoms with E-state index in [1.165, 1.54) is 23.8 Å². The molecule has 3 rings (SSSR count). The Balaban J connectivity index is 2.17. The first-order chi connectivity index (χ1) is 13.0. The van der Waals surface area contributed by atoms with Crippen molar-refractivity contribution in [3.05, 3.63) is 93.4 Å². The number of hydrogen-bond acceptors (Lipinski definition) is 3. The Bertz CT molecular complexity index is 1100. The van der Waals surface area contributed by atoms with E-state index in [9.17, 15) is 9.59 Å². The third kappa shape index (κ3) is 3.75. The van der Waals surface area contributed by atoms with Gasteiger partial charge in [-0.3, -0.25) is 4.79 Å². The molecule has 0 atom stereocenters. The van der Waals surface area contributed by atoms with Gasteiger partial charge in [0.15, 0.2) is 5.43 Å². The summed E-state index contributed by atoms with van der Waals surface area (Å²) in [4.78, 5) is 24.1. The summed E-state index contributed by atoms with van der Waals surface area (Å²) < 4.78 is 5.93. The van der Waals surface area contributed by atoms with Crippen molar-refractivity contribution in [2.45, 2.75) is 19.8 Å². The number of hydrogen-bond donors (Lipinski definition) is 1. The molecule has 3 aromatic rings. The smallest absolute Gasteiger partial charge is 0.335 e. The van der Waals surface area contributed by atoms with Crippen LogP contribution in [0.25, 0.3) is 23.1 Å². The van der Waals surface area contributed by atoms with Gasteiger partial charge in [0.1, 0.15) is 11.3 Å². The monoisotopic (exact) mass is 360 g/mol. The normalized spacial score (nSPS) is 11.1. The van der Waals surface area contributed by atoms with Crippen molar-refractivity contribution >= 4 is 29.1 Å². The molecule has 4 nitrogen and oxygen atoms in total. The highest BCUT2D eigenvalue weighted by Gasteiger charge is 2.14. The van der Waals surface area contributed by atoms with E-state index >= 15 is 0 Å².